The molecule has 2 aromatic carbocycles. The monoisotopic (exact) mass is 472 g/mol. The van der Waals surface area contributed by atoms with E-state index >= 15 is 0 Å². The van der Waals surface area contributed by atoms with Crippen LogP contribution in [0.25, 0.3) is 0 Å². The Morgan fingerprint density at radius 3 is 2.13 bits per heavy atom. The van der Waals surface area contributed by atoms with Gasteiger partial charge in [-0.2, -0.15) is 0 Å². The van der Waals surface area contributed by atoms with Gasteiger partial charge in [-0.15, -0.1) is 0 Å². The van der Waals surface area contributed by atoms with Gasteiger partial charge in [-0.05, 0) is 49.2 Å². The molecular weight excluding hydrogens is 448 g/mol. The Morgan fingerprint density at radius 2 is 1.67 bits per heavy atom. The minimum absolute atomic E-state index is 0.181. The fourth-order valence-corrected chi connectivity index (χ4v) is 5.09. The molecular formula is C20H25ClN2O5S2. The van der Waals surface area contributed by atoms with Crippen molar-refractivity contribution in [1.29, 1.82) is 0 Å². The van der Waals surface area contributed by atoms with Crippen molar-refractivity contribution in [3.8, 4) is 0 Å². The first-order valence-corrected chi connectivity index (χ1v) is 13.3. The van der Waals surface area contributed by atoms with Crippen molar-refractivity contribution >= 4 is 43.1 Å². The molecule has 0 aliphatic heterocycles. The van der Waals surface area contributed by atoms with Gasteiger partial charge < -0.3 is 5.32 Å². The summed E-state index contributed by atoms with van der Waals surface area (Å²) < 4.78 is 49.2. The molecule has 2 rings (SSSR count). The number of sulfonamides is 1. The Morgan fingerprint density at radius 1 is 1.07 bits per heavy atom. The van der Waals surface area contributed by atoms with Crippen LogP contribution in [0, 0.1) is 0 Å². The van der Waals surface area contributed by atoms with Crippen molar-refractivity contribution in [2.75, 3.05) is 16.8 Å². The summed E-state index contributed by atoms with van der Waals surface area (Å²) in [5, 5.41) is 3.17. The second-order valence-corrected chi connectivity index (χ2v) is 11.3. The summed E-state index contributed by atoms with van der Waals surface area (Å²) in [5.74, 6) is -0.470. The van der Waals surface area contributed by atoms with E-state index in [-0.39, 0.29) is 11.3 Å². The second-order valence-electron chi connectivity index (χ2n) is 7.03. The highest BCUT2D eigenvalue weighted by Gasteiger charge is 2.32. The SMILES string of the molecule is CC[C@@H](C(=O)N[C@H](C)c1ccc(S(C)(=O)=O)cc1)N(c1cccc(Cl)c1)S(C)(=O)=O. The summed E-state index contributed by atoms with van der Waals surface area (Å²) in [6.07, 6.45) is 2.40. The van der Waals surface area contributed by atoms with Crippen LogP contribution in [0.4, 0.5) is 5.69 Å². The van der Waals surface area contributed by atoms with Crippen LogP contribution in [0.2, 0.25) is 5.02 Å². The number of hydrogen-bond acceptors (Lipinski definition) is 5. The van der Waals surface area contributed by atoms with Crippen LogP contribution in [0.15, 0.2) is 53.4 Å². The van der Waals surface area contributed by atoms with Crippen molar-refractivity contribution in [2.45, 2.75) is 37.2 Å². The minimum Gasteiger partial charge on any atom is -0.348 e. The van der Waals surface area contributed by atoms with Gasteiger partial charge in [0.2, 0.25) is 15.9 Å². The summed E-state index contributed by atoms with van der Waals surface area (Å²) in [7, 11) is -7.09. The maximum absolute atomic E-state index is 13.0. The molecule has 1 amide bonds. The predicted octanol–water partition coefficient (Wildman–Crippen LogP) is 3.17. The fourth-order valence-electron chi connectivity index (χ4n) is 3.07. The number of amides is 1. The van der Waals surface area contributed by atoms with Crippen LogP contribution in [0.3, 0.4) is 0 Å². The third-order valence-electron chi connectivity index (χ3n) is 4.56. The number of nitrogens with one attached hydrogen (secondary N) is 1. The molecule has 10 heteroatoms. The molecule has 7 nitrogen and oxygen atoms in total. The first kappa shape index (κ1) is 24.2. The maximum Gasteiger partial charge on any atom is 0.244 e. The van der Waals surface area contributed by atoms with Gasteiger partial charge in [-0.1, -0.05) is 36.7 Å². The molecule has 2 aromatic rings. The summed E-state index contributed by atoms with van der Waals surface area (Å²) >= 11 is 6.01. The van der Waals surface area contributed by atoms with Crippen molar-refractivity contribution in [3.05, 3.63) is 59.1 Å². The number of carbonyl (C=O) groups excluding carboxylic acids is 1. The highest BCUT2D eigenvalue weighted by molar-refractivity contribution is 7.92. The average Bonchev–Trinajstić information content (AvgIpc) is 2.64. The highest BCUT2D eigenvalue weighted by atomic mass is 35.5. The molecule has 2 atom stereocenters. The van der Waals surface area contributed by atoms with E-state index in [0.29, 0.717) is 16.3 Å². The molecule has 0 aromatic heterocycles. The van der Waals surface area contributed by atoms with Crippen molar-refractivity contribution in [3.63, 3.8) is 0 Å². The van der Waals surface area contributed by atoms with E-state index in [1.165, 1.54) is 18.2 Å². The molecule has 0 heterocycles. The first-order valence-electron chi connectivity index (χ1n) is 9.20. The van der Waals surface area contributed by atoms with Crippen molar-refractivity contribution < 1.29 is 21.6 Å². The van der Waals surface area contributed by atoms with Gasteiger partial charge in [0.1, 0.15) is 6.04 Å². The summed E-state index contributed by atoms with van der Waals surface area (Å²) in [4.78, 5) is 13.2. The van der Waals surface area contributed by atoms with Gasteiger partial charge in [-0.25, -0.2) is 16.8 Å². The van der Waals surface area contributed by atoms with Gasteiger partial charge in [-0.3, -0.25) is 9.10 Å². The topological polar surface area (TPSA) is 101 Å². The molecule has 0 saturated carbocycles. The Labute approximate surface area is 183 Å². The number of halogens is 1. The van der Waals surface area contributed by atoms with Crippen LogP contribution in [0.5, 0.6) is 0 Å². The lowest BCUT2D eigenvalue weighted by Crippen LogP contribution is -2.49. The molecule has 0 unspecified atom stereocenters. The minimum atomic E-state index is -3.77. The molecule has 0 radical (unpaired) electrons. The average molecular weight is 473 g/mol. The van der Waals surface area contributed by atoms with Crippen LogP contribution < -0.4 is 9.62 Å². The zero-order valence-electron chi connectivity index (χ0n) is 17.2. The second kappa shape index (κ2) is 9.36. The number of hydrogen-bond donors (Lipinski definition) is 1. The molecule has 0 fully saturated rings. The van der Waals surface area contributed by atoms with E-state index in [1.54, 1.807) is 44.2 Å². The largest absolute Gasteiger partial charge is 0.348 e. The molecule has 0 bridgehead atoms. The van der Waals surface area contributed by atoms with Crippen molar-refractivity contribution in [2.24, 2.45) is 0 Å². The summed E-state index contributed by atoms with van der Waals surface area (Å²) in [6.45, 7) is 3.46. The number of anilines is 1. The zero-order chi connectivity index (χ0) is 22.7. The van der Waals surface area contributed by atoms with E-state index in [2.05, 4.69) is 5.32 Å². The number of nitrogens with zero attached hydrogens (tertiary/aromatic N) is 1. The molecule has 0 aliphatic carbocycles. The smallest absolute Gasteiger partial charge is 0.244 e. The number of carbonyl (C=O) groups is 1. The van der Waals surface area contributed by atoms with Crippen LogP contribution >= 0.6 is 11.6 Å². The Hall–Kier alpha value is -2.10. The predicted molar refractivity (Wildman–Crippen MR) is 119 cm³/mol. The third kappa shape index (κ3) is 5.96. The van der Waals surface area contributed by atoms with Gasteiger partial charge >= 0.3 is 0 Å². The maximum atomic E-state index is 13.0. The number of rotatable bonds is 8. The lowest BCUT2D eigenvalue weighted by molar-refractivity contribution is -0.122. The molecule has 30 heavy (non-hydrogen) atoms. The Balaban J connectivity index is 2.29. The normalized spacial score (nSPS) is 14.0. The quantitative estimate of drug-likeness (QED) is 0.636. The standard InChI is InChI=1S/C20H25ClN2O5S2/c1-5-19(23(30(4,27)28)17-8-6-7-16(21)13-17)20(24)22-14(2)15-9-11-18(12-10-15)29(3,25)26/h6-14,19H,5H2,1-4H3,(H,22,24)/t14-,19+/m1/s1. The van der Waals surface area contributed by atoms with Crippen LogP contribution in [-0.2, 0) is 24.7 Å². The van der Waals surface area contributed by atoms with Crippen molar-refractivity contribution in [1.82, 2.24) is 5.32 Å². The number of benzene rings is 2. The highest BCUT2D eigenvalue weighted by Crippen LogP contribution is 2.26. The first-order chi connectivity index (χ1) is 13.8. The van der Waals surface area contributed by atoms with Crippen LogP contribution in [-0.4, -0.2) is 41.3 Å². The van der Waals surface area contributed by atoms with E-state index in [4.69, 9.17) is 11.6 Å². The lowest BCUT2D eigenvalue weighted by atomic mass is 10.1. The van der Waals surface area contributed by atoms with E-state index in [9.17, 15) is 21.6 Å². The summed E-state index contributed by atoms with van der Waals surface area (Å²) in [5.41, 5.74) is 0.997. The molecule has 1 N–H and O–H groups in total. The molecule has 0 spiro atoms. The van der Waals surface area contributed by atoms with E-state index in [1.807, 2.05) is 0 Å². The lowest BCUT2D eigenvalue weighted by Gasteiger charge is -2.31. The number of sulfone groups is 1. The van der Waals surface area contributed by atoms with Gasteiger partial charge in [0.25, 0.3) is 0 Å². The fraction of sp³-hybridized carbons (Fsp3) is 0.350. The Bertz CT molecular complexity index is 1120. The molecule has 0 saturated heterocycles. The molecule has 164 valence electrons. The van der Waals surface area contributed by atoms with Gasteiger partial charge in [0.05, 0.1) is 22.9 Å². The van der Waals surface area contributed by atoms with Gasteiger partial charge in [0, 0.05) is 11.3 Å². The molecule has 0 aliphatic rings. The van der Waals surface area contributed by atoms with E-state index in [0.717, 1.165) is 16.8 Å². The van der Waals surface area contributed by atoms with Gasteiger partial charge in [0.15, 0.2) is 9.84 Å². The third-order valence-corrected chi connectivity index (χ3v) is 7.10. The Kier molecular flexibility index (Phi) is 7.54. The zero-order valence-corrected chi connectivity index (χ0v) is 19.6. The van der Waals surface area contributed by atoms with Crippen LogP contribution in [0.1, 0.15) is 31.9 Å². The van der Waals surface area contributed by atoms with E-state index < -0.39 is 37.9 Å². The summed E-state index contributed by atoms with van der Waals surface area (Å²) in [6, 6.07) is 11.1.